The van der Waals surface area contributed by atoms with E-state index in [1.54, 1.807) is 12.0 Å². The lowest BCUT2D eigenvalue weighted by molar-refractivity contribution is -0.125. The van der Waals surface area contributed by atoms with Crippen LogP contribution in [0.15, 0.2) is 42.5 Å². The summed E-state index contributed by atoms with van der Waals surface area (Å²) >= 11 is 0. The molecule has 0 saturated carbocycles. The second kappa shape index (κ2) is 5.61. The number of aryl methyl sites for hydroxylation is 1. The quantitative estimate of drug-likeness (QED) is 0.694. The van der Waals surface area contributed by atoms with Crippen molar-refractivity contribution < 1.29 is 14.3 Å². The molecule has 6 nitrogen and oxygen atoms in total. The molecule has 28 heavy (non-hydrogen) atoms. The molecule has 3 heterocycles. The molecule has 142 valence electrons. The first-order chi connectivity index (χ1) is 13.4. The van der Waals surface area contributed by atoms with E-state index in [1.165, 1.54) is 4.90 Å². The number of imide groups is 1. The van der Waals surface area contributed by atoms with E-state index in [1.807, 2.05) is 56.3 Å². The molecular formula is C22H21N3O3. The van der Waals surface area contributed by atoms with E-state index in [4.69, 9.17) is 4.74 Å². The van der Waals surface area contributed by atoms with E-state index in [0.717, 1.165) is 33.5 Å². The Hall–Kier alpha value is -3.28. The van der Waals surface area contributed by atoms with Crippen molar-refractivity contribution in [3.63, 3.8) is 0 Å². The summed E-state index contributed by atoms with van der Waals surface area (Å²) in [5.41, 5.74) is 3.41. The van der Waals surface area contributed by atoms with Crippen LogP contribution in [0.5, 0.6) is 5.75 Å². The van der Waals surface area contributed by atoms with Gasteiger partial charge in [0.1, 0.15) is 5.75 Å². The Labute approximate surface area is 162 Å². The van der Waals surface area contributed by atoms with Gasteiger partial charge in [-0.2, -0.15) is 0 Å². The SMILES string of the molecule is COc1ccc2[nH]c3c(c2c1)CCN1C(=O)N(c2cccc(C)c2)C(=O)C31C. The number of H-pyrrole nitrogens is 1. The number of fused-ring (bicyclic) bond motifs is 5. The summed E-state index contributed by atoms with van der Waals surface area (Å²) in [5, 5.41) is 1.05. The van der Waals surface area contributed by atoms with Crippen LogP contribution in [0.4, 0.5) is 10.5 Å². The van der Waals surface area contributed by atoms with Crippen LogP contribution in [-0.2, 0) is 16.8 Å². The molecule has 2 aliphatic heterocycles. The predicted octanol–water partition coefficient (Wildman–Crippen LogP) is 3.73. The van der Waals surface area contributed by atoms with Gasteiger partial charge in [0.25, 0.3) is 5.91 Å². The normalized spacial score (nSPS) is 21.2. The van der Waals surface area contributed by atoms with Gasteiger partial charge < -0.3 is 14.6 Å². The van der Waals surface area contributed by atoms with Gasteiger partial charge in [-0.05, 0) is 61.7 Å². The van der Waals surface area contributed by atoms with E-state index < -0.39 is 5.54 Å². The standard InChI is InChI=1S/C22H21N3O3/c1-13-5-4-6-14(11-13)25-20(26)22(2)19-16(9-10-24(22)21(25)27)17-12-15(28-3)7-8-18(17)23-19/h4-8,11-12,23H,9-10H2,1-3H3. The summed E-state index contributed by atoms with van der Waals surface area (Å²) in [4.78, 5) is 33.2. The van der Waals surface area contributed by atoms with Crippen LogP contribution in [0, 0.1) is 6.92 Å². The van der Waals surface area contributed by atoms with E-state index in [0.29, 0.717) is 18.7 Å². The number of methoxy groups -OCH3 is 1. The van der Waals surface area contributed by atoms with E-state index in [-0.39, 0.29) is 11.9 Å². The van der Waals surface area contributed by atoms with E-state index >= 15 is 0 Å². The Morgan fingerprint density at radius 1 is 1.14 bits per heavy atom. The Kier molecular flexibility index (Phi) is 3.38. The van der Waals surface area contributed by atoms with Crippen LogP contribution >= 0.6 is 0 Å². The Morgan fingerprint density at radius 3 is 2.71 bits per heavy atom. The highest BCUT2D eigenvalue weighted by atomic mass is 16.5. The molecule has 3 aromatic rings. The first-order valence-electron chi connectivity index (χ1n) is 9.37. The second-order valence-corrected chi connectivity index (χ2v) is 7.63. The molecule has 1 N–H and O–H groups in total. The minimum absolute atomic E-state index is 0.220. The summed E-state index contributed by atoms with van der Waals surface area (Å²) in [7, 11) is 1.64. The van der Waals surface area contributed by atoms with Gasteiger partial charge in [-0.25, -0.2) is 9.69 Å². The maximum atomic E-state index is 13.6. The van der Waals surface area contributed by atoms with Crippen LogP contribution in [0.3, 0.4) is 0 Å². The van der Waals surface area contributed by atoms with Gasteiger partial charge in [0, 0.05) is 17.4 Å². The first kappa shape index (κ1) is 16.9. The fourth-order valence-electron chi connectivity index (χ4n) is 4.54. The van der Waals surface area contributed by atoms with Crippen molar-refractivity contribution in [2.75, 3.05) is 18.6 Å². The number of urea groups is 1. The summed E-state index contributed by atoms with van der Waals surface area (Å²) in [6.07, 6.45) is 0.693. The molecular weight excluding hydrogens is 354 g/mol. The third-order valence-corrected chi connectivity index (χ3v) is 6.03. The maximum absolute atomic E-state index is 13.6. The monoisotopic (exact) mass is 375 g/mol. The molecule has 3 amide bonds. The number of nitrogens with one attached hydrogen (secondary N) is 1. The van der Waals surface area contributed by atoms with Crippen molar-refractivity contribution in [2.24, 2.45) is 0 Å². The summed E-state index contributed by atoms with van der Waals surface area (Å²) < 4.78 is 5.37. The van der Waals surface area contributed by atoms with Gasteiger partial charge in [-0.1, -0.05) is 12.1 Å². The minimum Gasteiger partial charge on any atom is -0.497 e. The van der Waals surface area contributed by atoms with Crippen LogP contribution < -0.4 is 9.64 Å². The highest BCUT2D eigenvalue weighted by Crippen LogP contribution is 2.45. The molecule has 5 rings (SSSR count). The number of aromatic amines is 1. The third kappa shape index (κ3) is 2.03. The van der Waals surface area contributed by atoms with E-state index in [9.17, 15) is 9.59 Å². The number of ether oxygens (including phenoxy) is 1. The smallest absolute Gasteiger partial charge is 0.332 e. The maximum Gasteiger partial charge on any atom is 0.332 e. The average molecular weight is 375 g/mol. The molecule has 1 aromatic heterocycles. The molecule has 1 unspecified atom stereocenters. The van der Waals surface area contributed by atoms with Gasteiger partial charge in [-0.3, -0.25) is 4.79 Å². The van der Waals surface area contributed by atoms with Gasteiger partial charge in [0.2, 0.25) is 0 Å². The van der Waals surface area contributed by atoms with Gasteiger partial charge in [0.15, 0.2) is 5.54 Å². The lowest BCUT2D eigenvalue weighted by Crippen LogP contribution is -2.49. The Bertz CT molecular complexity index is 1150. The van der Waals surface area contributed by atoms with Crippen molar-refractivity contribution in [3.8, 4) is 5.75 Å². The van der Waals surface area contributed by atoms with Crippen LogP contribution in [0.25, 0.3) is 10.9 Å². The summed E-state index contributed by atoms with van der Waals surface area (Å²) in [5.74, 6) is 0.555. The number of benzene rings is 2. The van der Waals surface area contributed by atoms with Crippen LogP contribution in [-0.4, -0.2) is 35.5 Å². The number of carbonyl (C=O) groups excluding carboxylic acids is 2. The lowest BCUT2D eigenvalue weighted by atomic mass is 9.87. The fourth-order valence-corrected chi connectivity index (χ4v) is 4.54. The number of carbonyl (C=O) groups is 2. The molecule has 1 fully saturated rings. The lowest BCUT2D eigenvalue weighted by Gasteiger charge is -2.35. The van der Waals surface area contributed by atoms with Gasteiger partial charge in [0.05, 0.1) is 18.5 Å². The Balaban J connectivity index is 1.68. The highest BCUT2D eigenvalue weighted by Gasteiger charge is 2.59. The van der Waals surface area contributed by atoms with Gasteiger partial charge >= 0.3 is 6.03 Å². The first-order valence-corrected chi connectivity index (χ1v) is 9.37. The fraction of sp³-hybridized carbons (Fsp3) is 0.273. The zero-order valence-corrected chi connectivity index (χ0v) is 16.1. The molecule has 2 aromatic carbocycles. The number of aromatic nitrogens is 1. The molecule has 0 bridgehead atoms. The summed E-state index contributed by atoms with van der Waals surface area (Å²) in [6.45, 7) is 4.29. The number of nitrogens with zero attached hydrogens (tertiary/aromatic N) is 2. The largest absolute Gasteiger partial charge is 0.497 e. The third-order valence-electron chi connectivity index (χ3n) is 6.03. The molecule has 0 spiro atoms. The number of amides is 3. The zero-order valence-electron chi connectivity index (χ0n) is 16.1. The topological polar surface area (TPSA) is 65.6 Å². The molecule has 1 saturated heterocycles. The van der Waals surface area contributed by atoms with Crippen LogP contribution in [0.1, 0.15) is 23.7 Å². The molecule has 6 heteroatoms. The highest BCUT2D eigenvalue weighted by molar-refractivity contribution is 6.23. The number of hydrogen-bond acceptors (Lipinski definition) is 3. The summed E-state index contributed by atoms with van der Waals surface area (Å²) in [6, 6.07) is 13.1. The van der Waals surface area contributed by atoms with Gasteiger partial charge in [-0.15, -0.1) is 0 Å². The number of hydrogen-bond donors (Lipinski definition) is 1. The van der Waals surface area contributed by atoms with Crippen molar-refractivity contribution in [1.82, 2.24) is 9.88 Å². The molecule has 2 aliphatic rings. The van der Waals surface area contributed by atoms with Crippen molar-refractivity contribution in [1.29, 1.82) is 0 Å². The Morgan fingerprint density at radius 2 is 1.96 bits per heavy atom. The van der Waals surface area contributed by atoms with Crippen molar-refractivity contribution >= 4 is 28.5 Å². The molecule has 1 atom stereocenters. The molecule has 0 radical (unpaired) electrons. The zero-order chi connectivity index (χ0) is 19.6. The van der Waals surface area contributed by atoms with E-state index in [2.05, 4.69) is 4.98 Å². The second-order valence-electron chi connectivity index (χ2n) is 7.63. The number of rotatable bonds is 2. The minimum atomic E-state index is -1.04. The van der Waals surface area contributed by atoms with Crippen molar-refractivity contribution in [3.05, 3.63) is 59.3 Å². The van der Waals surface area contributed by atoms with Crippen molar-refractivity contribution in [2.45, 2.75) is 25.8 Å². The van der Waals surface area contributed by atoms with Crippen LogP contribution in [0.2, 0.25) is 0 Å². The number of anilines is 1. The molecule has 0 aliphatic carbocycles. The predicted molar refractivity (Wildman–Crippen MR) is 107 cm³/mol. The average Bonchev–Trinajstić information content (AvgIpc) is 3.15.